The third-order valence-electron chi connectivity index (χ3n) is 6.46. The van der Waals surface area contributed by atoms with Crippen molar-refractivity contribution in [2.45, 2.75) is 98.2 Å². The van der Waals surface area contributed by atoms with E-state index in [1.54, 1.807) is 0 Å². The van der Waals surface area contributed by atoms with Gasteiger partial charge < -0.3 is 14.2 Å². The van der Waals surface area contributed by atoms with Gasteiger partial charge in [0.1, 0.15) is 19.8 Å². The van der Waals surface area contributed by atoms with Gasteiger partial charge in [0.15, 0.2) is 0 Å². The van der Waals surface area contributed by atoms with Crippen molar-refractivity contribution in [1.29, 1.82) is 0 Å². The second-order valence-electron chi connectivity index (χ2n) is 10.2. The fourth-order valence-electron chi connectivity index (χ4n) is 3.96. The second kappa shape index (κ2) is 26.0. The Kier molecular flexibility index (Phi) is 23.6. The first-order valence-electron chi connectivity index (χ1n) is 15.9. The number of ether oxygens (including phenoxy) is 3. The Morgan fingerprint density at radius 3 is 1.00 bits per heavy atom. The quantitative estimate of drug-likeness (QED) is 0.0755. The molecule has 0 unspecified atom stereocenters. The fourth-order valence-corrected chi connectivity index (χ4v) is 6.37. The summed E-state index contributed by atoms with van der Waals surface area (Å²) in [6.45, 7) is 4.77. The zero-order chi connectivity index (χ0) is 33.3. The molecule has 1 aromatic rings. The number of nitrogens with zero attached hydrogens (tertiary/aromatic N) is 3. The highest BCUT2D eigenvalue weighted by molar-refractivity contribution is 8.00. The predicted octanol–water partition coefficient (Wildman–Crippen LogP) is 3.57. The minimum Gasteiger partial charge on any atom is -0.463 e. The first-order chi connectivity index (χ1) is 21.8. The molecule has 0 amide bonds. The molecule has 45 heavy (non-hydrogen) atoms. The third-order valence-corrected chi connectivity index (χ3v) is 9.51. The number of rotatable bonds is 27. The number of hydrogen-bond donors (Lipinski definition) is 0. The summed E-state index contributed by atoms with van der Waals surface area (Å²) in [6.07, 6.45) is 9.52. The molecular formula is C30H51N3O9S3. The van der Waals surface area contributed by atoms with Crippen LogP contribution in [0.15, 0.2) is 14.4 Å². The largest absolute Gasteiger partial charge is 0.463 e. The summed E-state index contributed by atoms with van der Waals surface area (Å²) < 4.78 is 18.1. The Labute approximate surface area is 278 Å². The Hall–Kier alpha value is -2.13. The normalized spacial score (nSPS) is 11.0. The molecule has 0 bridgehead atoms. The maximum atomic E-state index is 13.2. The van der Waals surface area contributed by atoms with Crippen LogP contribution in [0.25, 0.3) is 0 Å². The topological polar surface area (TPSA) is 145 Å². The lowest BCUT2D eigenvalue weighted by molar-refractivity contribution is -0.141. The van der Waals surface area contributed by atoms with E-state index in [-0.39, 0.29) is 56.7 Å². The smallest absolute Gasteiger partial charge is 0.336 e. The Morgan fingerprint density at radius 2 is 0.756 bits per heavy atom. The van der Waals surface area contributed by atoms with Gasteiger partial charge in [-0.25, -0.2) is 28.1 Å². The molecule has 1 rings (SSSR count). The van der Waals surface area contributed by atoms with Crippen LogP contribution >= 0.6 is 35.3 Å². The van der Waals surface area contributed by atoms with Crippen LogP contribution in [0.4, 0.5) is 0 Å². The van der Waals surface area contributed by atoms with E-state index in [1.165, 1.54) is 35.3 Å². The van der Waals surface area contributed by atoms with Gasteiger partial charge >= 0.3 is 35.0 Å². The van der Waals surface area contributed by atoms with E-state index in [9.17, 15) is 28.8 Å². The van der Waals surface area contributed by atoms with Gasteiger partial charge in [-0.05, 0) is 36.5 Å². The van der Waals surface area contributed by atoms with Crippen LogP contribution < -0.4 is 17.1 Å². The maximum absolute atomic E-state index is 13.2. The molecule has 0 saturated heterocycles. The zero-order valence-corrected chi connectivity index (χ0v) is 29.5. The fraction of sp³-hybridized carbons (Fsp3) is 0.800. The minimum absolute atomic E-state index is 0.160. The van der Waals surface area contributed by atoms with Gasteiger partial charge in [-0.15, -0.1) is 0 Å². The second-order valence-corrected chi connectivity index (χ2v) is 13.6. The summed E-state index contributed by atoms with van der Waals surface area (Å²) in [6, 6.07) is 0. The summed E-state index contributed by atoms with van der Waals surface area (Å²) in [5.41, 5.74) is -2.72. The maximum Gasteiger partial charge on any atom is 0.336 e. The summed E-state index contributed by atoms with van der Waals surface area (Å²) in [5, 5.41) is 0. The molecule has 0 aliphatic rings. The number of carbonyl (C=O) groups is 3. The van der Waals surface area contributed by atoms with Crippen LogP contribution in [0.2, 0.25) is 0 Å². The monoisotopic (exact) mass is 693 g/mol. The molecule has 0 aromatic carbocycles. The van der Waals surface area contributed by atoms with Crippen molar-refractivity contribution in [3.05, 3.63) is 31.5 Å². The van der Waals surface area contributed by atoms with Gasteiger partial charge in [0.05, 0.1) is 36.9 Å². The predicted molar refractivity (Wildman–Crippen MR) is 183 cm³/mol. The number of aromatic nitrogens is 3. The van der Waals surface area contributed by atoms with Crippen molar-refractivity contribution >= 4 is 53.2 Å². The Bertz CT molecular complexity index is 1010. The molecule has 15 heteroatoms. The minimum atomic E-state index is -0.906. The van der Waals surface area contributed by atoms with Crippen molar-refractivity contribution < 1.29 is 28.6 Å². The highest BCUT2D eigenvalue weighted by Crippen LogP contribution is 2.08. The van der Waals surface area contributed by atoms with E-state index in [1.807, 2.05) is 0 Å². The van der Waals surface area contributed by atoms with Gasteiger partial charge in [-0.3, -0.25) is 14.4 Å². The molecular weight excluding hydrogens is 643 g/mol. The SMILES string of the molecule is CCCCCSCC(=O)OCCn1c(=O)n(CCOC(=O)CSCCCCC)c(=O)n(CCOC(=O)CSCCCCC)c1=O. The Balaban J connectivity index is 2.89. The first kappa shape index (κ1) is 40.9. The number of hydrogen-bond acceptors (Lipinski definition) is 12. The van der Waals surface area contributed by atoms with Gasteiger partial charge in [0, 0.05) is 0 Å². The van der Waals surface area contributed by atoms with Crippen LogP contribution in [0.1, 0.15) is 78.6 Å². The van der Waals surface area contributed by atoms with E-state index >= 15 is 0 Å². The lowest BCUT2D eigenvalue weighted by Gasteiger charge is -2.14. The van der Waals surface area contributed by atoms with Gasteiger partial charge in [-0.1, -0.05) is 59.3 Å². The molecule has 0 atom stereocenters. The molecule has 0 spiro atoms. The van der Waals surface area contributed by atoms with Gasteiger partial charge in [0.25, 0.3) is 0 Å². The molecule has 1 aromatic heterocycles. The molecule has 0 N–H and O–H groups in total. The van der Waals surface area contributed by atoms with Crippen molar-refractivity contribution in [2.24, 2.45) is 0 Å². The highest BCUT2D eigenvalue weighted by Gasteiger charge is 2.17. The van der Waals surface area contributed by atoms with Crippen molar-refractivity contribution in [2.75, 3.05) is 54.3 Å². The molecule has 0 fully saturated rings. The average molecular weight is 694 g/mol. The molecule has 258 valence electrons. The van der Waals surface area contributed by atoms with Crippen molar-refractivity contribution in [3.63, 3.8) is 0 Å². The van der Waals surface area contributed by atoms with Crippen LogP contribution in [0.5, 0.6) is 0 Å². The summed E-state index contributed by atoms with van der Waals surface area (Å²) in [7, 11) is 0. The summed E-state index contributed by atoms with van der Waals surface area (Å²) in [4.78, 5) is 75.9. The highest BCUT2D eigenvalue weighted by atomic mass is 32.2. The molecule has 0 aliphatic carbocycles. The van der Waals surface area contributed by atoms with Crippen LogP contribution in [0.3, 0.4) is 0 Å². The number of thioether (sulfide) groups is 3. The standard InChI is InChI=1S/C30H51N3O9S3/c1-4-7-10-19-43-22-25(34)40-16-13-31-28(37)32(14-17-41-26(35)23-44-20-11-8-5-2)30(39)33(29(31)38)15-18-42-27(36)24-45-21-12-9-6-3/h4-24H2,1-3H3. The van der Waals surface area contributed by atoms with E-state index in [0.717, 1.165) is 88.7 Å². The lowest BCUT2D eigenvalue weighted by atomic mass is 10.3. The molecule has 0 radical (unpaired) electrons. The van der Waals surface area contributed by atoms with Crippen molar-refractivity contribution in [1.82, 2.24) is 13.7 Å². The average Bonchev–Trinajstić information content (AvgIpc) is 3.01. The number of carbonyl (C=O) groups excluding carboxylic acids is 3. The summed E-state index contributed by atoms with van der Waals surface area (Å²) in [5.74, 6) is 1.60. The van der Waals surface area contributed by atoms with Gasteiger partial charge in [0.2, 0.25) is 0 Å². The molecule has 12 nitrogen and oxygen atoms in total. The van der Waals surface area contributed by atoms with E-state index in [0.29, 0.717) is 0 Å². The van der Waals surface area contributed by atoms with Crippen LogP contribution in [-0.2, 0) is 48.2 Å². The third kappa shape index (κ3) is 18.0. The Morgan fingerprint density at radius 1 is 0.489 bits per heavy atom. The molecule has 0 aliphatic heterocycles. The van der Waals surface area contributed by atoms with Crippen LogP contribution in [0, 0.1) is 0 Å². The van der Waals surface area contributed by atoms with Gasteiger partial charge in [-0.2, -0.15) is 35.3 Å². The molecule has 0 saturated carbocycles. The van der Waals surface area contributed by atoms with E-state index in [4.69, 9.17) is 14.2 Å². The van der Waals surface area contributed by atoms with Crippen molar-refractivity contribution in [3.8, 4) is 0 Å². The summed E-state index contributed by atoms with van der Waals surface area (Å²) >= 11 is 4.38. The zero-order valence-electron chi connectivity index (χ0n) is 27.1. The number of unbranched alkanes of at least 4 members (excludes halogenated alkanes) is 6. The lowest BCUT2D eigenvalue weighted by Crippen LogP contribution is -2.55. The number of esters is 3. The van der Waals surface area contributed by atoms with E-state index < -0.39 is 35.0 Å². The van der Waals surface area contributed by atoms with Crippen LogP contribution in [-0.4, -0.2) is 85.9 Å². The molecule has 1 heterocycles. The first-order valence-corrected chi connectivity index (χ1v) is 19.4. The van der Waals surface area contributed by atoms with E-state index in [2.05, 4.69) is 20.8 Å².